The molecule has 1 aliphatic rings. The van der Waals surface area contributed by atoms with Crippen LogP contribution in [0.15, 0.2) is 78.0 Å². The Morgan fingerprint density at radius 1 is 1.09 bits per heavy atom. The van der Waals surface area contributed by atoms with Crippen molar-refractivity contribution < 1.29 is 27.5 Å². The normalized spacial score (nSPS) is 14.5. The van der Waals surface area contributed by atoms with Gasteiger partial charge in [-0.15, -0.1) is 18.3 Å². The Hall–Kier alpha value is -4.65. The van der Waals surface area contributed by atoms with Crippen molar-refractivity contribution in [2.75, 3.05) is 10.7 Å². The van der Waals surface area contributed by atoms with Gasteiger partial charge in [-0.2, -0.15) is 4.99 Å². The molecule has 0 aliphatic carbocycles. The van der Waals surface area contributed by atoms with Crippen LogP contribution in [0.1, 0.15) is 36.5 Å². The zero-order valence-corrected chi connectivity index (χ0v) is 24.2. The van der Waals surface area contributed by atoms with Crippen molar-refractivity contribution in [2.24, 2.45) is 4.99 Å². The van der Waals surface area contributed by atoms with Gasteiger partial charge in [-0.1, -0.05) is 62.0 Å². The third kappa shape index (κ3) is 7.05. The number of aromatic nitrogens is 3. The Bertz CT molecular complexity index is 1670. The predicted molar refractivity (Wildman–Crippen MR) is 158 cm³/mol. The molecule has 0 saturated carbocycles. The first-order valence-corrected chi connectivity index (χ1v) is 14.3. The molecule has 2 heterocycles. The molecule has 222 valence electrons. The van der Waals surface area contributed by atoms with E-state index in [9.17, 15) is 22.8 Å². The summed E-state index contributed by atoms with van der Waals surface area (Å²) >= 11 is 1.23. The Balaban J connectivity index is 1.22. The van der Waals surface area contributed by atoms with E-state index in [2.05, 4.69) is 39.0 Å². The molecule has 43 heavy (non-hydrogen) atoms. The van der Waals surface area contributed by atoms with Crippen molar-refractivity contribution in [1.29, 1.82) is 0 Å². The summed E-state index contributed by atoms with van der Waals surface area (Å²) in [6, 6.07) is 17.7. The lowest BCUT2D eigenvalue weighted by molar-refractivity contribution is -0.274. The molecule has 3 amide bonds. The molecule has 3 aromatic carbocycles. The van der Waals surface area contributed by atoms with E-state index >= 15 is 0 Å². The van der Waals surface area contributed by atoms with Crippen molar-refractivity contribution in [3.63, 3.8) is 0 Å². The van der Waals surface area contributed by atoms with Crippen LogP contribution in [-0.2, 0) is 11.3 Å². The topological polar surface area (TPSA) is 102 Å². The molecule has 1 aliphatic heterocycles. The largest absolute Gasteiger partial charge is 0.573 e. The first-order chi connectivity index (χ1) is 20.5. The molecular weight excluding hydrogens is 581 g/mol. The number of aryl methyl sites for hydroxylation is 1. The second-order valence-electron chi connectivity index (χ2n) is 9.98. The van der Waals surface area contributed by atoms with Crippen LogP contribution < -0.4 is 15.0 Å². The molecule has 0 radical (unpaired) electrons. The number of rotatable bonds is 7. The third-order valence-corrected chi connectivity index (χ3v) is 7.49. The molecule has 1 saturated heterocycles. The first-order valence-electron chi connectivity index (χ1n) is 13.3. The minimum Gasteiger partial charge on any atom is -0.406 e. The quantitative estimate of drug-likeness (QED) is 0.253. The van der Waals surface area contributed by atoms with Crippen molar-refractivity contribution in [3.8, 4) is 22.8 Å². The number of thioether (sulfide) groups is 1. The third-order valence-electron chi connectivity index (χ3n) is 6.56. The highest BCUT2D eigenvalue weighted by Crippen LogP contribution is 2.35. The van der Waals surface area contributed by atoms with Crippen LogP contribution in [0, 0.1) is 6.92 Å². The van der Waals surface area contributed by atoms with Gasteiger partial charge in [0.25, 0.3) is 0 Å². The Kier molecular flexibility index (Phi) is 8.53. The number of aliphatic imine (C=N–C) groups is 1. The summed E-state index contributed by atoms with van der Waals surface area (Å²) in [5.41, 5.74) is 4.89. The summed E-state index contributed by atoms with van der Waals surface area (Å²) in [6.07, 6.45) is -3.31. The molecule has 1 aromatic heterocycles. The number of nitrogens with one attached hydrogen (secondary N) is 1. The summed E-state index contributed by atoms with van der Waals surface area (Å²) in [5.74, 6) is 0.358. The number of ether oxygens (including phenoxy) is 1. The molecule has 0 spiro atoms. The number of alkyl halides is 3. The van der Waals surface area contributed by atoms with Gasteiger partial charge in [-0.25, -0.2) is 14.5 Å². The maximum absolute atomic E-state index is 12.8. The van der Waals surface area contributed by atoms with Gasteiger partial charge < -0.3 is 10.1 Å². The summed E-state index contributed by atoms with van der Waals surface area (Å²) in [7, 11) is 0. The summed E-state index contributed by atoms with van der Waals surface area (Å²) in [6.45, 7) is 6.34. The van der Waals surface area contributed by atoms with E-state index < -0.39 is 12.4 Å². The monoisotopic (exact) mass is 608 g/mol. The van der Waals surface area contributed by atoms with E-state index in [-0.39, 0.29) is 29.9 Å². The molecule has 1 N–H and O–H groups in total. The van der Waals surface area contributed by atoms with Gasteiger partial charge in [0.2, 0.25) is 5.91 Å². The highest BCUT2D eigenvalue weighted by atomic mass is 32.2. The number of hydrogen-bond donors (Lipinski definition) is 1. The van der Waals surface area contributed by atoms with E-state index in [1.165, 1.54) is 51.9 Å². The molecule has 5 rings (SSSR count). The number of urea groups is 1. The lowest BCUT2D eigenvalue weighted by atomic mass is 9.95. The Labute approximate surface area is 249 Å². The minimum absolute atomic E-state index is 0.122. The second kappa shape index (κ2) is 12.3. The van der Waals surface area contributed by atoms with E-state index in [1.54, 1.807) is 12.1 Å². The molecular formula is C30H27F3N6O3S. The number of hydrogen-bond acceptors (Lipinski definition) is 6. The lowest BCUT2D eigenvalue weighted by Crippen LogP contribution is -2.32. The maximum Gasteiger partial charge on any atom is 0.573 e. The van der Waals surface area contributed by atoms with Gasteiger partial charge in [0.05, 0.1) is 17.1 Å². The highest BCUT2D eigenvalue weighted by molar-refractivity contribution is 8.15. The summed E-state index contributed by atoms with van der Waals surface area (Å²) < 4.78 is 42.5. The number of carbonyl (C=O) groups is 2. The fourth-order valence-electron chi connectivity index (χ4n) is 4.69. The number of nitrogens with zero attached hydrogens (tertiary/aromatic N) is 5. The zero-order chi connectivity index (χ0) is 30.7. The van der Waals surface area contributed by atoms with E-state index in [4.69, 9.17) is 0 Å². The van der Waals surface area contributed by atoms with E-state index in [0.29, 0.717) is 22.2 Å². The predicted octanol–water partition coefficient (Wildman–Crippen LogP) is 6.61. The number of carbonyl (C=O) groups excluding carboxylic acids is 2. The molecule has 0 unspecified atom stereocenters. The van der Waals surface area contributed by atoms with Gasteiger partial charge in [-0.3, -0.25) is 9.69 Å². The molecule has 4 aromatic rings. The summed E-state index contributed by atoms with van der Waals surface area (Å²) in [5, 5.41) is 7.51. The fraction of sp³-hybridized carbons (Fsp3) is 0.233. The standard InChI is InChI=1S/C30H27F3N6O3S/c1-18(2)26-19(3)5-4-6-24(26)39-25(40)16-43-29(39)36-28(41)34-15-20-7-9-21(10-8-20)27-35-17-38(37-27)22-11-13-23(14-12-22)42-30(31,32)33/h4-14,17-18H,15-16H2,1-3H3,(H,34,41)/b36-29-. The van der Waals surface area contributed by atoms with Gasteiger partial charge in [0.15, 0.2) is 11.0 Å². The molecule has 13 heteroatoms. The number of amides is 3. The molecule has 9 nitrogen and oxygen atoms in total. The zero-order valence-electron chi connectivity index (χ0n) is 23.4. The Morgan fingerprint density at radius 2 is 1.81 bits per heavy atom. The molecule has 1 fully saturated rings. The first kappa shape index (κ1) is 29.8. The van der Waals surface area contributed by atoms with Crippen LogP contribution in [0.5, 0.6) is 5.75 Å². The molecule has 0 bridgehead atoms. The average molecular weight is 609 g/mol. The van der Waals surface area contributed by atoms with E-state index in [1.807, 2.05) is 37.3 Å². The van der Waals surface area contributed by atoms with Crippen molar-refractivity contribution in [2.45, 2.75) is 39.6 Å². The van der Waals surface area contributed by atoms with Crippen LogP contribution in [0.3, 0.4) is 0 Å². The van der Waals surface area contributed by atoms with Crippen LogP contribution in [0.4, 0.5) is 23.7 Å². The highest BCUT2D eigenvalue weighted by Gasteiger charge is 2.33. The van der Waals surface area contributed by atoms with Crippen LogP contribution in [-0.4, -0.2) is 44.0 Å². The number of amidine groups is 1. The fourth-order valence-corrected chi connectivity index (χ4v) is 5.55. The van der Waals surface area contributed by atoms with Gasteiger partial charge in [0.1, 0.15) is 12.1 Å². The summed E-state index contributed by atoms with van der Waals surface area (Å²) in [4.78, 5) is 35.5. The van der Waals surface area contributed by atoms with Crippen molar-refractivity contribution in [3.05, 3.63) is 89.7 Å². The second-order valence-corrected chi connectivity index (χ2v) is 10.9. The van der Waals surface area contributed by atoms with Crippen LogP contribution in [0.2, 0.25) is 0 Å². The van der Waals surface area contributed by atoms with E-state index in [0.717, 1.165) is 22.4 Å². The van der Waals surface area contributed by atoms with Crippen LogP contribution in [0.25, 0.3) is 17.1 Å². The maximum atomic E-state index is 12.8. The Morgan fingerprint density at radius 3 is 2.49 bits per heavy atom. The smallest absolute Gasteiger partial charge is 0.406 e. The number of anilines is 1. The molecule has 0 atom stereocenters. The lowest BCUT2D eigenvalue weighted by Gasteiger charge is -2.23. The van der Waals surface area contributed by atoms with Crippen molar-refractivity contribution >= 4 is 34.6 Å². The van der Waals surface area contributed by atoms with Crippen molar-refractivity contribution in [1.82, 2.24) is 20.1 Å². The average Bonchev–Trinajstić information content (AvgIpc) is 3.58. The SMILES string of the molecule is Cc1cccc(N2C(=O)CS/C2=N\C(=O)NCc2ccc(-c3ncn(-c4ccc(OC(F)(F)F)cc4)n3)cc2)c1C(C)C. The van der Waals surface area contributed by atoms with Gasteiger partial charge in [0, 0.05) is 12.1 Å². The number of benzene rings is 3. The minimum atomic E-state index is -4.76. The van der Waals surface area contributed by atoms with Gasteiger partial charge >= 0.3 is 12.4 Å². The van der Waals surface area contributed by atoms with Gasteiger partial charge in [-0.05, 0) is 59.9 Å². The number of halogens is 3. The van der Waals surface area contributed by atoms with Crippen LogP contribution >= 0.6 is 11.8 Å².